The first-order valence-electron chi connectivity index (χ1n) is 10.3. The summed E-state index contributed by atoms with van der Waals surface area (Å²) in [5.41, 5.74) is 5.84. The van der Waals surface area contributed by atoms with E-state index in [4.69, 9.17) is 0 Å². The van der Waals surface area contributed by atoms with Gasteiger partial charge >= 0.3 is 0 Å². The van der Waals surface area contributed by atoms with Crippen molar-refractivity contribution in [3.8, 4) is 0 Å². The van der Waals surface area contributed by atoms with E-state index in [9.17, 15) is 4.79 Å². The van der Waals surface area contributed by atoms with Crippen molar-refractivity contribution in [2.24, 2.45) is 0 Å². The number of carbonyl (C=O) groups is 1. The number of hydrogen-bond acceptors (Lipinski definition) is 2. The molecular formula is C26H26N2OS. The Balaban J connectivity index is 1.47. The van der Waals surface area contributed by atoms with Gasteiger partial charge in [0.1, 0.15) is 0 Å². The normalized spacial score (nSPS) is 11.0. The third-order valence-corrected chi connectivity index (χ3v) is 6.27. The first-order chi connectivity index (χ1) is 14.6. The molecule has 0 fully saturated rings. The van der Waals surface area contributed by atoms with Crippen LogP contribution in [0.1, 0.15) is 23.6 Å². The predicted octanol–water partition coefficient (Wildman–Crippen LogP) is 6.29. The van der Waals surface area contributed by atoms with Crippen molar-refractivity contribution in [3.63, 3.8) is 0 Å². The van der Waals surface area contributed by atoms with Crippen LogP contribution in [-0.4, -0.2) is 16.2 Å². The van der Waals surface area contributed by atoms with Gasteiger partial charge in [0.05, 0.1) is 5.75 Å². The predicted molar refractivity (Wildman–Crippen MR) is 127 cm³/mol. The number of amides is 1. The van der Waals surface area contributed by atoms with E-state index in [-0.39, 0.29) is 5.91 Å². The lowest BCUT2D eigenvalue weighted by Gasteiger charge is -2.06. The number of nitrogens with one attached hydrogen (secondary N) is 1. The summed E-state index contributed by atoms with van der Waals surface area (Å²) in [5.74, 6) is 0.397. The van der Waals surface area contributed by atoms with Crippen molar-refractivity contribution in [3.05, 3.63) is 95.7 Å². The molecule has 4 aromatic rings. The van der Waals surface area contributed by atoms with Crippen LogP contribution in [0.15, 0.2) is 83.9 Å². The molecule has 3 aromatic carbocycles. The summed E-state index contributed by atoms with van der Waals surface area (Å²) in [6.45, 7) is 5.05. The van der Waals surface area contributed by atoms with E-state index >= 15 is 0 Å². The maximum Gasteiger partial charge on any atom is 0.234 e. The lowest BCUT2D eigenvalue weighted by molar-refractivity contribution is -0.113. The van der Waals surface area contributed by atoms with Crippen molar-refractivity contribution in [1.29, 1.82) is 0 Å². The first-order valence-corrected chi connectivity index (χ1v) is 11.3. The molecule has 0 spiro atoms. The lowest BCUT2D eigenvalue weighted by Crippen LogP contribution is -2.13. The molecule has 0 aliphatic rings. The van der Waals surface area contributed by atoms with Gasteiger partial charge in [-0.2, -0.15) is 0 Å². The lowest BCUT2D eigenvalue weighted by atomic mass is 10.1. The second-order valence-corrected chi connectivity index (χ2v) is 8.53. The number of anilines is 1. The summed E-state index contributed by atoms with van der Waals surface area (Å²) in [6.07, 6.45) is 3.16. The third kappa shape index (κ3) is 4.77. The Morgan fingerprint density at radius 3 is 2.37 bits per heavy atom. The molecule has 0 unspecified atom stereocenters. The van der Waals surface area contributed by atoms with Crippen LogP contribution in [0.3, 0.4) is 0 Å². The second kappa shape index (κ2) is 9.23. The fourth-order valence-corrected chi connectivity index (χ4v) is 4.40. The summed E-state index contributed by atoms with van der Waals surface area (Å²) in [6, 6.07) is 25.1. The van der Waals surface area contributed by atoms with Crippen molar-refractivity contribution in [1.82, 2.24) is 4.57 Å². The summed E-state index contributed by atoms with van der Waals surface area (Å²) in [4.78, 5) is 13.6. The Hall–Kier alpha value is -2.98. The van der Waals surface area contributed by atoms with E-state index in [1.165, 1.54) is 27.6 Å². The molecular weight excluding hydrogens is 388 g/mol. The monoisotopic (exact) mass is 414 g/mol. The molecule has 4 heteroatoms. The highest BCUT2D eigenvalue weighted by Crippen LogP contribution is 2.30. The van der Waals surface area contributed by atoms with Crippen LogP contribution in [0.4, 0.5) is 5.69 Å². The molecule has 0 aliphatic carbocycles. The number of para-hydroxylation sites is 1. The standard InChI is InChI=1S/C26H26N2OS/c1-3-20-12-14-22(15-13-20)27-26(29)18-30-25-17-28(24-7-5-4-6-23(24)25)16-21-10-8-19(2)9-11-21/h4-15,17H,3,16,18H2,1-2H3,(H,27,29). The summed E-state index contributed by atoms with van der Waals surface area (Å²) in [5, 5.41) is 4.19. The average Bonchev–Trinajstić information content (AvgIpc) is 3.12. The largest absolute Gasteiger partial charge is 0.342 e. The van der Waals surface area contributed by atoms with E-state index in [0.29, 0.717) is 5.75 Å². The van der Waals surface area contributed by atoms with Crippen LogP contribution in [0, 0.1) is 6.92 Å². The fraction of sp³-hybridized carbons (Fsp3) is 0.192. The zero-order chi connectivity index (χ0) is 20.9. The molecule has 3 nitrogen and oxygen atoms in total. The molecule has 0 saturated heterocycles. The molecule has 30 heavy (non-hydrogen) atoms. The number of rotatable bonds is 7. The summed E-state index contributed by atoms with van der Waals surface area (Å²) >= 11 is 1.59. The molecule has 1 heterocycles. The Morgan fingerprint density at radius 2 is 1.63 bits per heavy atom. The van der Waals surface area contributed by atoms with Crippen molar-refractivity contribution >= 4 is 34.3 Å². The second-order valence-electron chi connectivity index (χ2n) is 7.51. The molecule has 0 saturated carbocycles. The van der Waals surface area contributed by atoms with Crippen molar-refractivity contribution in [2.75, 3.05) is 11.1 Å². The van der Waals surface area contributed by atoms with E-state index in [1.54, 1.807) is 11.8 Å². The van der Waals surface area contributed by atoms with Crippen LogP contribution in [0.5, 0.6) is 0 Å². The highest BCUT2D eigenvalue weighted by atomic mass is 32.2. The van der Waals surface area contributed by atoms with Crippen molar-refractivity contribution in [2.45, 2.75) is 31.7 Å². The summed E-state index contributed by atoms with van der Waals surface area (Å²) in [7, 11) is 0. The van der Waals surface area contributed by atoms with Crippen LogP contribution >= 0.6 is 11.8 Å². The number of hydrogen-bond donors (Lipinski definition) is 1. The number of aromatic nitrogens is 1. The number of carbonyl (C=O) groups excluding carboxylic acids is 1. The molecule has 152 valence electrons. The van der Waals surface area contributed by atoms with Gasteiger partial charge in [0.15, 0.2) is 0 Å². The van der Waals surface area contributed by atoms with E-state index in [2.05, 4.69) is 90.6 Å². The maximum absolute atomic E-state index is 12.5. The van der Waals surface area contributed by atoms with Gasteiger partial charge < -0.3 is 9.88 Å². The Kier molecular flexibility index (Phi) is 6.24. The van der Waals surface area contributed by atoms with Crippen LogP contribution in [0.25, 0.3) is 10.9 Å². The van der Waals surface area contributed by atoms with Gasteiger partial charge in [-0.05, 0) is 42.7 Å². The Bertz CT molecular complexity index is 1140. The SMILES string of the molecule is CCc1ccc(NC(=O)CSc2cn(Cc3ccc(C)cc3)c3ccccc23)cc1. The zero-order valence-corrected chi connectivity index (χ0v) is 18.2. The zero-order valence-electron chi connectivity index (χ0n) is 17.4. The Labute approximate surface area is 182 Å². The number of nitrogens with zero attached hydrogens (tertiary/aromatic N) is 1. The van der Waals surface area contributed by atoms with Gasteiger partial charge in [0.2, 0.25) is 5.91 Å². The smallest absolute Gasteiger partial charge is 0.234 e. The minimum Gasteiger partial charge on any atom is -0.342 e. The number of fused-ring (bicyclic) bond motifs is 1. The van der Waals surface area contributed by atoms with Gasteiger partial charge in [-0.3, -0.25) is 4.79 Å². The first kappa shape index (κ1) is 20.3. The maximum atomic E-state index is 12.5. The van der Waals surface area contributed by atoms with Crippen LogP contribution in [-0.2, 0) is 17.8 Å². The molecule has 0 radical (unpaired) electrons. The fourth-order valence-electron chi connectivity index (χ4n) is 3.51. The third-order valence-electron chi connectivity index (χ3n) is 5.23. The van der Waals surface area contributed by atoms with E-state index < -0.39 is 0 Å². The number of thioether (sulfide) groups is 1. The van der Waals surface area contributed by atoms with Gasteiger partial charge in [0.25, 0.3) is 0 Å². The minimum atomic E-state index is 0.0135. The molecule has 4 rings (SSSR count). The van der Waals surface area contributed by atoms with E-state index in [1.807, 2.05) is 12.1 Å². The molecule has 1 amide bonds. The van der Waals surface area contributed by atoms with Crippen LogP contribution in [0.2, 0.25) is 0 Å². The molecule has 0 aliphatic heterocycles. The molecule has 0 bridgehead atoms. The van der Waals surface area contributed by atoms with Gasteiger partial charge in [-0.25, -0.2) is 0 Å². The van der Waals surface area contributed by atoms with E-state index in [0.717, 1.165) is 23.5 Å². The van der Waals surface area contributed by atoms with Crippen LogP contribution < -0.4 is 5.32 Å². The number of benzene rings is 3. The molecule has 1 N–H and O–H groups in total. The topological polar surface area (TPSA) is 34.0 Å². The quantitative estimate of drug-likeness (QED) is 0.361. The highest BCUT2D eigenvalue weighted by Gasteiger charge is 2.11. The van der Waals surface area contributed by atoms with Gasteiger partial charge in [0, 0.05) is 34.2 Å². The van der Waals surface area contributed by atoms with Crippen molar-refractivity contribution < 1.29 is 4.79 Å². The Morgan fingerprint density at radius 1 is 0.933 bits per heavy atom. The summed E-state index contributed by atoms with van der Waals surface area (Å²) < 4.78 is 2.27. The van der Waals surface area contributed by atoms with Gasteiger partial charge in [-0.15, -0.1) is 11.8 Å². The van der Waals surface area contributed by atoms with Gasteiger partial charge in [-0.1, -0.05) is 67.1 Å². The molecule has 0 atom stereocenters. The average molecular weight is 415 g/mol. The number of aryl methyl sites for hydroxylation is 2. The highest BCUT2D eigenvalue weighted by molar-refractivity contribution is 8.00. The molecule has 1 aromatic heterocycles. The minimum absolute atomic E-state index is 0.0135.